The van der Waals surface area contributed by atoms with E-state index in [1.165, 1.54) is 0 Å². The average Bonchev–Trinajstić information content (AvgIpc) is 2.30. The SMILES string of the molecule is CCN1CCC(CC(=O)O)(N(CC)CC)CC1. The van der Waals surface area contributed by atoms with Crippen molar-refractivity contribution in [1.29, 1.82) is 0 Å². The molecule has 1 rings (SSSR count). The van der Waals surface area contributed by atoms with Gasteiger partial charge in [0.05, 0.1) is 6.42 Å². The predicted molar refractivity (Wildman–Crippen MR) is 69.3 cm³/mol. The first-order valence-corrected chi connectivity index (χ1v) is 6.77. The van der Waals surface area contributed by atoms with Crippen molar-refractivity contribution in [2.75, 3.05) is 32.7 Å². The highest BCUT2D eigenvalue weighted by molar-refractivity contribution is 5.68. The highest BCUT2D eigenvalue weighted by Crippen LogP contribution is 2.32. The zero-order valence-corrected chi connectivity index (χ0v) is 11.4. The molecule has 1 aliphatic rings. The monoisotopic (exact) mass is 242 g/mol. The van der Waals surface area contributed by atoms with Crippen LogP contribution in [-0.4, -0.2) is 59.1 Å². The lowest BCUT2D eigenvalue weighted by Gasteiger charge is -2.47. The maximum Gasteiger partial charge on any atom is 0.305 e. The summed E-state index contributed by atoms with van der Waals surface area (Å²) in [5.74, 6) is -0.665. The molecule has 0 aliphatic carbocycles. The largest absolute Gasteiger partial charge is 0.481 e. The Morgan fingerprint density at radius 2 is 1.76 bits per heavy atom. The minimum absolute atomic E-state index is 0.110. The van der Waals surface area contributed by atoms with E-state index in [9.17, 15) is 4.79 Å². The van der Waals surface area contributed by atoms with Gasteiger partial charge in [0, 0.05) is 5.54 Å². The quantitative estimate of drug-likeness (QED) is 0.769. The van der Waals surface area contributed by atoms with Crippen LogP contribution in [0.2, 0.25) is 0 Å². The molecule has 0 atom stereocenters. The summed E-state index contributed by atoms with van der Waals surface area (Å²) in [6.07, 6.45) is 2.25. The number of hydrogen-bond acceptors (Lipinski definition) is 3. The highest BCUT2D eigenvalue weighted by Gasteiger charge is 2.39. The van der Waals surface area contributed by atoms with Crippen LogP contribution in [0.4, 0.5) is 0 Å². The Hall–Kier alpha value is -0.610. The van der Waals surface area contributed by atoms with Crippen molar-refractivity contribution in [3.8, 4) is 0 Å². The summed E-state index contributed by atoms with van der Waals surface area (Å²) in [6.45, 7) is 11.4. The number of carboxylic acids is 1. The molecule has 1 aliphatic heterocycles. The van der Waals surface area contributed by atoms with Crippen molar-refractivity contribution in [1.82, 2.24) is 9.80 Å². The number of piperidine rings is 1. The standard InChI is InChI=1S/C13H26N2O2/c1-4-14-9-7-13(8-10-14,11-12(16)17)15(5-2)6-3/h4-11H2,1-3H3,(H,16,17). The van der Waals surface area contributed by atoms with Crippen molar-refractivity contribution in [3.63, 3.8) is 0 Å². The van der Waals surface area contributed by atoms with Crippen LogP contribution in [0.1, 0.15) is 40.0 Å². The first-order valence-electron chi connectivity index (χ1n) is 6.77. The summed E-state index contributed by atoms with van der Waals surface area (Å²) in [5.41, 5.74) is -0.110. The molecule has 1 N–H and O–H groups in total. The van der Waals surface area contributed by atoms with Gasteiger partial charge >= 0.3 is 5.97 Å². The molecule has 1 saturated heterocycles. The second-order valence-corrected chi connectivity index (χ2v) is 4.90. The van der Waals surface area contributed by atoms with Gasteiger partial charge in [-0.3, -0.25) is 9.69 Å². The van der Waals surface area contributed by atoms with E-state index >= 15 is 0 Å². The molecule has 0 unspecified atom stereocenters. The Morgan fingerprint density at radius 1 is 1.24 bits per heavy atom. The van der Waals surface area contributed by atoms with Gasteiger partial charge in [-0.1, -0.05) is 20.8 Å². The first-order chi connectivity index (χ1) is 8.07. The van der Waals surface area contributed by atoms with E-state index in [0.29, 0.717) is 0 Å². The summed E-state index contributed by atoms with van der Waals surface area (Å²) >= 11 is 0. The van der Waals surface area contributed by atoms with Gasteiger partial charge in [-0.05, 0) is 45.6 Å². The van der Waals surface area contributed by atoms with Crippen LogP contribution in [0, 0.1) is 0 Å². The molecule has 4 nitrogen and oxygen atoms in total. The Bertz CT molecular complexity index is 244. The minimum atomic E-state index is -0.665. The third-order valence-electron chi connectivity index (χ3n) is 4.15. The summed E-state index contributed by atoms with van der Waals surface area (Å²) < 4.78 is 0. The van der Waals surface area contributed by atoms with Crippen LogP contribution in [0.5, 0.6) is 0 Å². The van der Waals surface area contributed by atoms with E-state index in [4.69, 9.17) is 5.11 Å². The molecular weight excluding hydrogens is 216 g/mol. The molecule has 100 valence electrons. The van der Waals surface area contributed by atoms with E-state index in [2.05, 4.69) is 30.6 Å². The number of carboxylic acid groups (broad SMARTS) is 1. The Labute approximate surface area is 105 Å². The van der Waals surface area contributed by atoms with E-state index < -0.39 is 5.97 Å². The molecule has 0 aromatic carbocycles. The second-order valence-electron chi connectivity index (χ2n) is 4.90. The van der Waals surface area contributed by atoms with Crippen LogP contribution in [0.25, 0.3) is 0 Å². The van der Waals surface area contributed by atoms with Gasteiger partial charge < -0.3 is 10.0 Å². The Balaban J connectivity index is 2.77. The fraction of sp³-hybridized carbons (Fsp3) is 0.923. The third-order valence-corrected chi connectivity index (χ3v) is 4.15. The third kappa shape index (κ3) is 3.42. The van der Waals surface area contributed by atoms with E-state index in [1.54, 1.807) is 0 Å². The number of nitrogens with zero attached hydrogens (tertiary/aromatic N) is 2. The molecule has 0 saturated carbocycles. The number of likely N-dealkylation sites (tertiary alicyclic amines) is 1. The van der Waals surface area contributed by atoms with Crippen molar-refractivity contribution in [2.24, 2.45) is 0 Å². The number of rotatable bonds is 6. The Kier molecular flexibility index (Phi) is 5.40. The van der Waals surface area contributed by atoms with Gasteiger partial charge in [-0.25, -0.2) is 0 Å². The lowest BCUT2D eigenvalue weighted by atomic mass is 9.82. The lowest BCUT2D eigenvalue weighted by Crippen LogP contribution is -2.56. The molecular formula is C13H26N2O2. The molecule has 4 heteroatoms. The zero-order valence-electron chi connectivity index (χ0n) is 11.4. The number of aliphatic carboxylic acids is 1. The van der Waals surface area contributed by atoms with Crippen molar-refractivity contribution in [3.05, 3.63) is 0 Å². The van der Waals surface area contributed by atoms with Gasteiger partial charge in [0.2, 0.25) is 0 Å². The van der Waals surface area contributed by atoms with Gasteiger partial charge in [0.1, 0.15) is 0 Å². The predicted octanol–water partition coefficient (Wildman–Crippen LogP) is 1.66. The minimum Gasteiger partial charge on any atom is -0.481 e. The topological polar surface area (TPSA) is 43.8 Å². The van der Waals surface area contributed by atoms with Crippen molar-refractivity contribution < 1.29 is 9.90 Å². The van der Waals surface area contributed by atoms with Crippen LogP contribution in [0.3, 0.4) is 0 Å². The fourth-order valence-corrected chi connectivity index (χ4v) is 3.07. The van der Waals surface area contributed by atoms with Crippen LogP contribution in [0.15, 0.2) is 0 Å². The second kappa shape index (κ2) is 6.36. The van der Waals surface area contributed by atoms with Gasteiger partial charge in [-0.2, -0.15) is 0 Å². The molecule has 0 amide bonds. The molecule has 17 heavy (non-hydrogen) atoms. The molecule has 0 spiro atoms. The average molecular weight is 242 g/mol. The lowest BCUT2D eigenvalue weighted by molar-refractivity contribution is -0.141. The summed E-state index contributed by atoms with van der Waals surface area (Å²) in [5, 5.41) is 9.15. The molecule has 1 fully saturated rings. The maximum atomic E-state index is 11.1. The smallest absolute Gasteiger partial charge is 0.305 e. The molecule has 0 aromatic heterocycles. The Morgan fingerprint density at radius 3 is 2.12 bits per heavy atom. The van der Waals surface area contributed by atoms with Gasteiger partial charge in [0.15, 0.2) is 0 Å². The normalized spacial score (nSPS) is 20.7. The fourth-order valence-electron chi connectivity index (χ4n) is 3.07. The van der Waals surface area contributed by atoms with Crippen LogP contribution < -0.4 is 0 Å². The molecule has 0 aromatic rings. The summed E-state index contributed by atoms with van der Waals surface area (Å²) in [6, 6.07) is 0. The number of carbonyl (C=O) groups is 1. The van der Waals surface area contributed by atoms with Crippen molar-refractivity contribution >= 4 is 5.97 Å². The maximum absolute atomic E-state index is 11.1. The first kappa shape index (κ1) is 14.5. The summed E-state index contributed by atoms with van der Waals surface area (Å²) in [4.78, 5) is 15.9. The molecule has 1 heterocycles. The van der Waals surface area contributed by atoms with E-state index in [-0.39, 0.29) is 12.0 Å². The van der Waals surface area contributed by atoms with Crippen LogP contribution >= 0.6 is 0 Å². The van der Waals surface area contributed by atoms with E-state index in [0.717, 1.165) is 45.6 Å². The zero-order chi connectivity index (χ0) is 12.9. The van der Waals surface area contributed by atoms with Crippen LogP contribution in [-0.2, 0) is 4.79 Å². The molecule has 0 bridgehead atoms. The van der Waals surface area contributed by atoms with Gasteiger partial charge in [-0.15, -0.1) is 0 Å². The number of hydrogen-bond donors (Lipinski definition) is 1. The van der Waals surface area contributed by atoms with Crippen molar-refractivity contribution in [2.45, 2.75) is 45.6 Å². The highest BCUT2D eigenvalue weighted by atomic mass is 16.4. The van der Waals surface area contributed by atoms with Gasteiger partial charge in [0.25, 0.3) is 0 Å². The summed E-state index contributed by atoms with van der Waals surface area (Å²) in [7, 11) is 0. The molecule has 0 radical (unpaired) electrons. The van der Waals surface area contributed by atoms with E-state index in [1.807, 2.05) is 0 Å².